The number of morpholine rings is 1. The van der Waals surface area contributed by atoms with Gasteiger partial charge in [-0.05, 0) is 24.3 Å². The van der Waals surface area contributed by atoms with Crippen LogP contribution in [-0.4, -0.2) is 62.7 Å². The summed E-state index contributed by atoms with van der Waals surface area (Å²) in [6, 6.07) is 12.4. The van der Waals surface area contributed by atoms with Gasteiger partial charge in [0, 0.05) is 34.3 Å². The Morgan fingerprint density at radius 1 is 1.10 bits per heavy atom. The number of aliphatic imine (C=N–C) groups is 1. The molecular formula is C21H17Cl2N5O3. The highest BCUT2D eigenvalue weighted by Gasteiger charge is 2.31. The van der Waals surface area contributed by atoms with Gasteiger partial charge >= 0.3 is 0 Å². The van der Waals surface area contributed by atoms with Crippen molar-refractivity contribution in [3.63, 3.8) is 0 Å². The van der Waals surface area contributed by atoms with E-state index in [1.54, 1.807) is 29.2 Å². The van der Waals surface area contributed by atoms with Crippen molar-refractivity contribution < 1.29 is 14.6 Å². The van der Waals surface area contributed by atoms with Crippen molar-refractivity contribution in [2.45, 2.75) is 6.23 Å². The number of benzene rings is 2. The molecule has 1 amide bonds. The summed E-state index contributed by atoms with van der Waals surface area (Å²) in [7, 11) is 0. The van der Waals surface area contributed by atoms with Crippen molar-refractivity contribution in [1.82, 2.24) is 19.7 Å². The van der Waals surface area contributed by atoms with Crippen LogP contribution in [0.2, 0.25) is 10.0 Å². The van der Waals surface area contributed by atoms with Crippen LogP contribution in [0.1, 0.15) is 33.8 Å². The van der Waals surface area contributed by atoms with Crippen molar-refractivity contribution in [2.75, 3.05) is 26.3 Å². The Bertz CT molecular complexity index is 1200. The number of hydrogen-bond acceptors (Lipinski definition) is 6. The molecule has 5 rings (SSSR count). The van der Waals surface area contributed by atoms with Crippen molar-refractivity contribution >= 4 is 34.8 Å². The average molecular weight is 458 g/mol. The maximum absolute atomic E-state index is 12.9. The number of aliphatic hydroxyl groups is 1. The van der Waals surface area contributed by atoms with Gasteiger partial charge in [0.25, 0.3) is 5.91 Å². The van der Waals surface area contributed by atoms with Crippen molar-refractivity contribution in [1.29, 1.82) is 0 Å². The minimum Gasteiger partial charge on any atom is -0.378 e. The van der Waals surface area contributed by atoms with Gasteiger partial charge in [0.1, 0.15) is 0 Å². The number of halogens is 2. The highest BCUT2D eigenvalue weighted by atomic mass is 35.5. The number of amides is 1. The lowest BCUT2D eigenvalue weighted by atomic mass is 10.0. The van der Waals surface area contributed by atoms with Gasteiger partial charge in [0.15, 0.2) is 5.82 Å². The quantitative estimate of drug-likeness (QED) is 0.638. The molecule has 0 bridgehead atoms. The zero-order valence-electron chi connectivity index (χ0n) is 16.2. The van der Waals surface area contributed by atoms with Crippen LogP contribution in [0.5, 0.6) is 0 Å². The maximum Gasteiger partial charge on any atom is 0.293 e. The second kappa shape index (κ2) is 8.05. The first kappa shape index (κ1) is 20.1. The Balaban J connectivity index is 1.65. The van der Waals surface area contributed by atoms with Crippen LogP contribution in [0.4, 0.5) is 0 Å². The molecule has 3 heterocycles. The molecule has 0 aliphatic carbocycles. The fourth-order valence-electron chi connectivity index (χ4n) is 3.67. The average Bonchev–Trinajstić information content (AvgIpc) is 3.19. The molecule has 3 aromatic rings. The van der Waals surface area contributed by atoms with Gasteiger partial charge in [-0.3, -0.25) is 4.79 Å². The molecule has 2 aliphatic rings. The summed E-state index contributed by atoms with van der Waals surface area (Å²) in [4.78, 5) is 23.3. The summed E-state index contributed by atoms with van der Waals surface area (Å²) in [6.07, 6.45) is -1.35. The van der Waals surface area contributed by atoms with Gasteiger partial charge in [-0.25, -0.2) is 14.7 Å². The second-order valence-electron chi connectivity index (χ2n) is 7.10. The Labute approximate surface area is 187 Å². The topological polar surface area (TPSA) is 92.8 Å². The van der Waals surface area contributed by atoms with E-state index in [9.17, 15) is 9.90 Å². The van der Waals surface area contributed by atoms with Gasteiger partial charge in [-0.1, -0.05) is 41.4 Å². The third kappa shape index (κ3) is 3.61. The molecule has 1 aromatic heterocycles. The van der Waals surface area contributed by atoms with Gasteiger partial charge < -0.3 is 14.7 Å². The molecular weight excluding hydrogens is 441 g/mol. The minimum atomic E-state index is -1.35. The zero-order valence-corrected chi connectivity index (χ0v) is 17.7. The number of carbonyl (C=O) groups excluding carboxylic acids is 1. The standard InChI is InChI=1S/C21H17Cl2N5O3/c22-12-5-6-16-14(11-12)17(13-3-1-2-4-15(13)23)24-20(29)19-25-18(26-28(16)19)21(30)27-7-9-31-10-8-27/h1-6,11,20,29H,7-10H2. The third-order valence-electron chi connectivity index (χ3n) is 5.17. The molecule has 1 N–H and O–H groups in total. The highest BCUT2D eigenvalue weighted by molar-refractivity contribution is 6.36. The molecule has 8 nitrogen and oxygen atoms in total. The summed E-state index contributed by atoms with van der Waals surface area (Å²) in [5.41, 5.74) is 2.31. The number of fused-ring (bicyclic) bond motifs is 3. The summed E-state index contributed by atoms with van der Waals surface area (Å²) in [6.45, 7) is 1.86. The lowest BCUT2D eigenvalue weighted by molar-refractivity contribution is 0.0294. The molecule has 1 fully saturated rings. The number of carbonyl (C=O) groups is 1. The van der Waals surface area contributed by atoms with Crippen molar-refractivity contribution in [2.24, 2.45) is 4.99 Å². The van der Waals surface area contributed by atoms with E-state index >= 15 is 0 Å². The monoisotopic (exact) mass is 457 g/mol. The van der Waals surface area contributed by atoms with Crippen LogP contribution >= 0.6 is 23.2 Å². The predicted molar refractivity (Wildman–Crippen MR) is 115 cm³/mol. The van der Waals surface area contributed by atoms with Crippen LogP contribution in [0, 0.1) is 0 Å². The fourth-order valence-corrected chi connectivity index (χ4v) is 4.06. The minimum absolute atomic E-state index is 0.00626. The largest absolute Gasteiger partial charge is 0.378 e. The predicted octanol–water partition coefficient (Wildman–Crippen LogP) is 2.89. The number of hydrogen-bond donors (Lipinski definition) is 1. The Morgan fingerprint density at radius 3 is 2.65 bits per heavy atom. The summed E-state index contributed by atoms with van der Waals surface area (Å²) >= 11 is 12.7. The summed E-state index contributed by atoms with van der Waals surface area (Å²) in [5.74, 6) is -0.183. The van der Waals surface area contributed by atoms with Gasteiger partial charge in [-0.15, -0.1) is 5.10 Å². The third-order valence-corrected chi connectivity index (χ3v) is 5.74. The molecule has 10 heteroatoms. The van der Waals surface area contributed by atoms with Crippen molar-refractivity contribution in [3.05, 3.63) is 75.3 Å². The molecule has 2 aliphatic heterocycles. The van der Waals surface area contributed by atoms with E-state index < -0.39 is 6.23 Å². The zero-order chi connectivity index (χ0) is 21.5. The number of nitrogens with zero attached hydrogens (tertiary/aromatic N) is 5. The molecule has 0 radical (unpaired) electrons. The van der Waals surface area contributed by atoms with Gasteiger partial charge in [-0.2, -0.15) is 0 Å². The lowest BCUT2D eigenvalue weighted by Gasteiger charge is -2.25. The van der Waals surface area contributed by atoms with Crippen molar-refractivity contribution in [3.8, 4) is 5.69 Å². The molecule has 0 saturated carbocycles. The summed E-state index contributed by atoms with van der Waals surface area (Å²) < 4.78 is 6.74. The van der Waals surface area contributed by atoms with Crippen LogP contribution < -0.4 is 0 Å². The Kier molecular flexibility index (Phi) is 5.23. The highest BCUT2D eigenvalue weighted by Crippen LogP contribution is 2.32. The van der Waals surface area contributed by atoms with E-state index in [2.05, 4.69) is 15.1 Å². The van der Waals surface area contributed by atoms with E-state index in [1.165, 1.54) is 4.68 Å². The maximum atomic E-state index is 12.9. The normalized spacial score (nSPS) is 18.1. The SMILES string of the molecule is O=C(c1nc2n(n1)-c1ccc(Cl)cc1C(c1ccccc1Cl)=NC2O)N1CCOCC1. The van der Waals surface area contributed by atoms with E-state index in [-0.39, 0.29) is 17.6 Å². The van der Waals surface area contributed by atoms with Crippen LogP contribution in [0.3, 0.4) is 0 Å². The van der Waals surface area contributed by atoms with E-state index in [1.807, 2.05) is 18.2 Å². The first-order valence-corrected chi connectivity index (χ1v) is 10.4. The Morgan fingerprint density at radius 2 is 1.87 bits per heavy atom. The number of ether oxygens (including phenoxy) is 1. The van der Waals surface area contributed by atoms with E-state index in [0.717, 1.165) is 0 Å². The molecule has 31 heavy (non-hydrogen) atoms. The Hall–Kier alpha value is -2.78. The number of aliphatic hydroxyl groups excluding tert-OH is 1. The number of aromatic nitrogens is 3. The molecule has 1 atom stereocenters. The number of rotatable bonds is 2. The molecule has 1 unspecified atom stereocenters. The first-order chi connectivity index (χ1) is 15.0. The van der Waals surface area contributed by atoms with Crippen LogP contribution in [-0.2, 0) is 4.74 Å². The summed E-state index contributed by atoms with van der Waals surface area (Å²) in [5, 5.41) is 16.3. The van der Waals surface area contributed by atoms with E-state index in [4.69, 9.17) is 27.9 Å². The first-order valence-electron chi connectivity index (χ1n) is 9.68. The molecule has 2 aromatic carbocycles. The molecule has 0 spiro atoms. The van der Waals surface area contributed by atoms with Gasteiger partial charge in [0.2, 0.25) is 12.1 Å². The smallest absolute Gasteiger partial charge is 0.293 e. The lowest BCUT2D eigenvalue weighted by Crippen LogP contribution is -2.41. The van der Waals surface area contributed by atoms with E-state index in [0.29, 0.717) is 58.9 Å². The fraction of sp³-hybridized carbons (Fsp3) is 0.238. The van der Waals surface area contributed by atoms with Crippen LogP contribution in [0.15, 0.2) is 47.5 Å². The molecule has 158 valence electrons. The van der Waals surface area contributed by atoms with Gasteiger partial charge in [0.05, 0.1) is 24.6 Å². The second-order valence-corrected chi connectivity index (χ2v) is 7.95. The molecule has 1 saturated heterocycles. The van der Waals surface area contributed by atoms with Crippen LogP contribution in [0.25, 0.3) is 5.69 Å².